The van der Waals surface area contributed by atoms with Gasteiger partial charge in [0.25, 0.3) is 0 Å². The largest absolute Gasteiger partial charge is 0.368 e. The molecule has 3 aromatic rings. The molecule has 2 aliphatic rings. The fraction of sp³-hybridized carbons (Fsp3) is 0.375. The molecule has 2 aromatic carbocycles. The van der Waals surface area contributed by atoms with Crippen molar-refractivity contribution in [3.8, 4) is 11.4 Å². The van der Waals surface area contributed by atoms with Gasteiger partial charge in [-0.15, -0.1) is 0 Å². The lowest BCUT2D eigenvalue weighted by Crippen LogP contribution is -2.50. The van der Waals surface area contributed by atoms with Gasteiger partial charge in [-0.25, -0.2) is 4.79 Å². The van der Waals surface area contributed by atoms with Crippen molar-refractivity contribution >= 4 is 17.4 Å². The van der Waals surface area contributed by atoms with Crippen molar-refractivity contribution in [3.63, 3.8) is 0 Å². The number of aryl methyl sites for hydroxylation is 1. The van der Waals surface area contributed by atoms with E-state index in [0.717, 1.165) is 55.2 Å². The van der Waals surface area contributed by atoms with Crippen LogP contribution in [0, 0.1) is 0 Å². The summed E-state index contributed by atoms with van der Waals surface area (Å²) in [6.07, 6.45) is 3.29. The fourth-order valence-electron chi connectivity index (χ4n) is 3.86. The van der Waals surface area contributed by atoms with Gasteiger partial charge in [-0.05, 0) is 61.2 Å². The second kappa shape index (κ2) is 8.41. The fourth-order valence-corrected chi connectivity index (χ4v) is 3.86. The number of amides is 2. The third-order valence-corrected chi connectivity index (χ3v) is 6.04. The van der Waals surface area contributed by atoms with E-state index in [9.17, 15) is 4.79 Å². The minimum atomic E-state index is -0.0391. The zero-order chi connectivity index (χ0) is 21.2. The number of anilines is 2. The van der Waals surface area contributed by atoms with Crippen LogP contribution in [0.3, 0.4) is 0 Å². The first kappa shape index (κ1) is 19.6. The maximum atomic E-state index is 12.6. The van der Waals surface area contributed by atoms with Crippen LogP contribution in [0.5, 0.6) is 0 Å². The number of carbonyl (C=O) groups excluding carboxylic acids is 1. The summed E-state index contributed by atoms with van der Waals surface area (Å²) in [6, 6.07) is 16.3. The Labute approximate surface area is 182 Å². The molecule has 1 N–H and O–H groups in total. The molecule has 5 rings (SSSR count). The van der Waals surface area contributed by atoms with Gasteiger partial charge >= 0.3 is 6.03 Å². The zero-order valence-corrected chi connectivity index (χ0v) is 17.8. The Hall–Kier alpha value is -3.35. The number of nitrogens with zero attached hydrogens (tertiary/aromatic N) is 4. The lowest BCUT2D eigenvalue weighted by Gasteiger charge is -2.36. The van der Waals surface area contributed by atoms with E-state index in [1.807, 2.05) is 29.2 Å². The molecular weight excluding hydrogens is 390 g/mol. The first-order valence-electron chi connectivity index (χ1n) is 11.0. The highest BCUT2D eigenvalue weighted by Crippen LogP contribution is 2.39. The topological polar surface area (TPSA) is 74.5 Å². The zero-order valence-electron chi connectivity index (χ0n) is 17.8. The Morgan fingerprint density at radius 2 is 1.74 bits per heavy atom. The Morgan fingerprint density at radius 3 is 2.39 bits per heavy atom. The molecular formula is C24H27N5O2. The molecule has 0 atom stereocenters. The molecule has 1 aliphatic carbocycles. The summed E-state index contributed by atoms with van der Waals surface area (Å²) < 4.78 is 5.36. The van der Waals surface area contributed by atoms with Gasteiger partial charge < -0.3 is 19.6 Å². The predicted molar refractivity (Wildman–Crippen MR) is 120 cm³/mol. The predicted octanol–water partition coefficient (Wildman–Crippen LogP) is 4.53. The summed E-state index contributed by atoms with van der Waals surface area (Å²) in [6.45, 7) is 5.11. The van der Waals surface area contributed by atoms with E-state index < -0.39 is 0 Å². The Balaban J connectivity index is 1.15. The molecule has 1 aromatic heterocycles. The number of urea groups is 1. The van der Waals surface area contributed by atoms with Crippen LogP contribution in [0.15, 0.2) is 53.1 Å². The average molecular weight is 418 g/mol. The molecule has 31 heavy (non-hydrogen) atoms. The number of hydrogen-bond donors (Lipinski definition) is 1. The van der Waals surface area contributed by atoms with E-state index >= 15 is 0 Å². The van der Waals surface area contributed by atoms with Crippen LogP contribution in [0.25, 0.3) is 11.4 Å². The average Bonchev–Trinajstić information content (AvgIpc) is 3.56. The molecule has 1 aliphatic heterocycles. The van der Waals surface area contributed by atoms with Gasteiger partial charge in [0.2, 0.25) is 11.7 Å². The highest BCUT2D eigenvalue weighted by atomic mass is 16.5. The summed E-state index contributed by atoms with van der Waals surface area (Å²) in [7, 11) is 0. The van der Waals surface area contributed by atoms with Crippen molar-refractivity contribution in [2.75, 3.05) is 36.4 Å². The maximum Gasteiger partial charge on any atom is 0.321 e. The molecule has 0 spiro atoms. The number of piperazine rings is 1. The summed E-state index contributed by atoms with van der Waals surface area (Å²) in [4.78, 5) is 21.3. The van der Waals surface area contributed by atoms with Crippen LogP contribution in [0.4, 0.5) is 16.2 Å². The third-order valence-electron chi connectivity index (χ3n) is 6.04. The van der Waals surface area contributed by atoms with E-state index in [1.54, 1.807) is 0 Å². The SMILES string of the molecule is CCc1ccc(NC(=O)N2CCN(c3ccc(-c4noc(C5CC5)n4)cc3)CC2)cc1. The number of aromatic nitrogens is 2. The normalized spacial score (nSPS) is 16.4. The quantitative estimate of drug-likeness (QED) is 0.660. The van der Waals surface area contributed by atoms with Gasteiger partial charge in [0.15, 0.2) is 0 Å². The monoisotopic (exact) mass is 417 g/mol. The van der Waals surface area contributed by atoms with Crippen molar-refractivity contribution in [3.05, 3.63) is 60.0 Å². The lowest BCUT2D eigenvalue weighted by atomic mass is 10.1. The molecule has 1 saturated heterocycles. The van der Waals surface area contributed by atoms with E-state index in [4.69, 9.17) is 4.52 Å². The summed E-state index contributed by atoms with van der Waals surface area (Å²) in [5, 5.41) is 7.12. The van der Waals surface area contributed by atoms with E-state index in [-0.39, 0.29) is 6.03 Å². The molecule has 2 heterocycles. The van der Waals surface area contributed by atoms with Crippen molar-refractivity contribution in [2.24, 2.45) is 0 Å². The van der Waals surface area contributed by atoms with Gasteiger partial charge in [0.05, 0.1) is 0 Å². The van der Waals surface area contributed by atoms with E-state index in [2.05, 4.69) is 51.5 Å². The van der Waals surface area contributed by atoms with Crippen molar-refractivity contribution < 1.29 is 9.32 Å². The van der Waals surface area contributed by atoms with Crippen molar-refractivity contribution in [2.45, 2.75) is 32.1 Å². The molecule has 0 radical (unpaired) electrons. The molecule has 0 unspecified atom stereocenters. The first-order chi connectivity index (χ1) is 15.2. The third kappa shape index (κ3) is 4.40. The van der Waals surface area contributed by atoms with Crippen LogP contribution >= 0.6 is 0 Å². The minimum absolute atomic E-state index is 0.0391. The number of benzene rings is 2. The van der Waals surface area contributed by atoms with Gasteiger partial charge in [-0.1, -0.05) is 24.2 Å². The van der Waals surface area contributed by atoms with Crippen LogP contribution in [-0.2, 0) is 6.42 Å². The second-order valence-corrected chi connectivity index (χ2v) is 8.23. The van der Waals surface area contributed by atoms with Gasteiger partial charge in [-0.2, -0.15) is 4.98 Å². The number of nitrogens with one attached hydrogen (secondary N) is 1. The molecule has 0 bridgehead atoms. The molecule has 7 heteroatoms. The number of rotatable bonds is 5. The van der Waals surface area contributed by atoms with E-state index in [0.29, 0.717) is 24.8 Å². The summed E-state index contributed by atoms with van der Waals surface area (Å²) in [5.41, 5.74) is 4.21. The second-order valence-electron chi connectivity index (χ2n) is 8.23. The number of hydrogen-bond acceptors (Lipinski definition) is 5. The van der Waals surface area contributed by atoms with Crippen molar-refractivity contribution in [1.29, 1.82) is 0 Å². The molecule has 1 saturated carbocycles. The van der Waals surface area contributed by atoms with Crippen LogP contribution < -0.4 is 10.2 Å². The minimum Gasteiger partial charge on any atom is -0.368 e. The molecule has 2 fully saturated rings. The molecule has 7 nitrogen and oxygen atoms in total. The Morgan fingerprint density at radius 1 is 1.03 bits per heavy atom. The smallest absolute Gasteiger partial charge is 0.321 e. The Kier molecular flexibility index (Phi) is 5.32. The van der Waals surface area contributed by atoms with Crippen molar-refractivity contribution in [1.82, 2.24) is 15.0 Å². The molecule has 2 amide bonds. The van der Waals surface area contributed by atoms with Crippen LogP contribution in [0.1, 0.15) is 37.1 Å². The van der Waals surface area contributed by atoms with Gasteiger partial charge in [-0.3, -0.25) is 0 Å². The highest BCUT2D eigenvalue weighted by molar-refractivity contribution is 5.89. The summed E-state index contributed by atoms with van der Waals surface area (Å²) in [5.74, 6) is 1.88. The lowest BCUT2D eigenvalue weighted by molar-refractivity contribution is 0.208. The van der Waals surface area contributed by atoms with Gasteiger partial charge in [0, 0.05) is 49.0 Å². The van der Waals surface area contributed by atoms with E-state index in [1.165, 1.54) is 5.56 Å². The van der Waals surface area contributed by atoms with Crippen LogP contribution in [-0.4, -0.2) is 47.3 Å². The number of carbonyl (C=O) groups is 1. The highest BCUT2D eigenvalue weighted by Gasteiger charge is 2.29. The summed E-state index contributed by atoms with van der Waals surface area (Å²) >= 11 is 0. The Bertz CT molecular complexity index is 1030. The maximum absolute atomic E-state index is 12.6. The molecule has 160 valence electrons. The van der Waals surface area contributed by atoms with Gasteiger partial charge in [0.1, 0.15) is 0 Å². The first-order valence-corrected chi connectivity index (χ1v) is 11.0. The van der Waals surface area contributed by atoms with Crippen LogP contribution in [0.2, 0.25) is 0 Å². The standard InChI is InChI=1S/C24H27N5O2/c1-2-17-3-9-20(10-4-17)25-24(30)29-15-13-28(14-16-29)21-11-7-18(8-12-21)22-26-23(31-27-22)19-5-6-19/h3-4,7-12,19H,2,5-6,13-16H2,1H3,(H,25,30).